The topological polar surface area (TPSA) is 21.3 Å². The summed E-state index contributed by atoms with van der Waals surface area (Å²) in [7, 11) is 0. The molecule has 1 N–H and O–H groups in total. The molecule has 0 spiro atoms. The molecule has 19 heavy (non-hydrogen) atoms. The number of alkyl halides is 3. The second-order valence-electron chi connectivity index (χ2n) is 4.44. The van der Waals surface area contributed by atoms with E-state index in [-0.39, 0.29) is 11.8 Å². The van der Waals surface area contributed by atoms with Crippen molar-refractivity contribution < 1.29 is 17.9 Å². The minimum absolute atomic E-state index is 0.245. The molecule has 0 aliphatic rings. The number of benzene rings is 1. The predicted molar refractivity (Wildman–Crippen MR) is 70.6 cm³/mol. The van der Waals surface area contributed by atoms with Crippen molar-refractivity contribution >= 4 is 5.69 Å². The molecule has 1 aromatic carbocycles. The minimum Gasteiger partial charge on any atom is -0.482 e. The molecule has 0 aliphatic heterocycles. The predicted octanol–water partition coefficient (Wildman–Crippen LogP) is 4.62. The van der Waals surface area contributed by atoms with Crippen LogP contribution in [0.1, 0.15) is 33.1 Å². The summed E-state index contributed by atoms with van der Waals surface area (Å²) in [4.78, 5) is 0. The number of rotatable bonds is 7. The van der Waals surface area contributed by atoms with E-state index in [1.165, 1.54) is 0 Å². The van der Waals surface area contributed by atoms with Gasteiger partial charge in [0.05, 0.1) is 5.69 Å². The Morgan fingerprint density at radius 2 is 1.89 bits per heavy atom. The maximum atomic E-state index is 12.2. The molecule has 1 unspecified atom stereocenters. The van der Waals surface area contributed by atoms with Crippen LogP contribution in [0.4, 0.5) is 18.9 Å². The highest BCUT2D eigenvalue weighted by Crippen LogP contribution is 2.27. The highest BCUT2D eigenvalue weighted by atomic mass is 19.4. The lowest BCUT2D eigenvalue weighted by atomic mass is 10.1. The van der Waals surface area contributed by atoms with E-state index in [1.54, 1.807) is 24.3 Å². The Labute approximate surface area is 112 Å². The monoisotopic (exact) mass is 275 g/mol. The van der Waals surface area contributed by atoms with Gasteiger partial charge in [-0.1, -0.05) is 32.4 Å². The van der Waals surface area contributed by atoms with Crippen molar-refractivity contribution in [1.82, 2.24) is 0 Å². The third kappa shape index (κ3) is 5.85. The molecule has 1 atom stereocenters. The summed E-state index contributed by atoms with van der Waals surface area (Å²) >= 11 is 0. The molecule has 0 heterocycles. The summed E-state index contributed by atoms with van der Waals surface area (Å²) in [6.45, 7) is 2.86. The first kappa shape index (κ1) is 15.7. The highest BCUT2D eigenvalue weighted by molar-refractivity contribution is 5.56. The Morgan fingerprint density at radius 1 is 1.21 bits per heavy atom. The molecule has 108 valence electrons. The van der Waals surface area contributed by atoms with Gasteiger partial charge in [-0.15, -0.1) is 0 Å². The number of hydrogen-bond acceptors (Lipinski definition) is 2. The average molecular weight is 275 g/mol. The Balaban J connectivity index is 2.72. The Morgan fingerprint density at radius 3 is 2.47 bits per heavy atom. The molecular formula is C14H20F3NO. The van der Waals surface area contributed by atoms with Crippen LogP contribution in [0, 0.1) is 0 Å². The molecule has 0 aliphatic carbocycles. The Kier molecular flexibility index (Phi) is 5.99. The van der Waals surface area contributed by atoms with Crippen molar-refractivity contribution in [3.63, 3.8) is 0 Å². The van der Waals surface area contributed by atoms with E-state index in [1.807, 2.05) is 6.92 Å². The average Bonchev–Trinajstić information content (AvgIpc) is 2.36. The lowest BCUT2D eigenvalue weighted by molar-refractivity contribution is -0.153. The molecule has 0 saturated carbocycles. The van der Waals surface area contributed by atoms with Gasteiger partial charge in [0.25, 0.3) is 0 Å². The van der Waals surface area contributed by atoms with E-state index in [4.69, 9.17) is 4.74 Å². The molecule has 0 radical (unpaired) electrons. The van der Waals surface area contributed by atoms with Crippen LogP contribution >= 0.6 is 0 Å². The molecule has 0 bridgehead atoms. The first-order valence-electron chi connectivity index (χ1n) is 6.51. The zero-order chi connectivity index (χ0) is 14.3. The van der Waals surface area contributed by atoms with Crippen LogP contribution in [0.2, 0.25) is 0 Å². The van der Waals surface area contributed by atoms with Gasteiger partial charge in [-0.05, 0) is 25.0 Å². The van der Waals surface area contributed by atoms with Gasteiger partial charge >= 0.3 is 6.18 Å². The fraction of sp³-hybridized carbons (Fsp3) is 0.571. The normalized spacial score (nSPS) is 13.1. The lowest BCUT2D eigenvalue weighted by Crippen LogP contribution is -2.21. The molecule has 0 saturated heterocycles. The van der Waals surface area contributed by atoms with Crippen molar-refractivity contribution in [2.24, 2.45) is 0 Å². The number of nitrogens with one attached hydrogen (secondary N) is 1. The van der Waals surface area contributed by atoms with Crippen LogP contribution < -0.4 is 10.1 Å². The SMILES string of the molecule is CCCC(CC)Nc1ccccc1OCC(F)(F)F. The number of anilines is 1. The molecule has 0 amide bonds. The fourth-order valence-electron chi connectivity index (χ4n) is 1.82. The summed E-state index contributed by atoms with van der Waals surface area (Å²) < 4.78 is 41.4. The standard InChI is InChI=1S/C14H20F3NO/c1-3-7-11(4-2)18-12-8-5-6-9-13(12)19-10-14(15,16)17/h5-6,8-9,11,18H,3-4,7,10H2,1-2H3. The van der Waals surface area contributed by atoms with Gasteiger partial charge in [0, 0.05) is 6.04 Å². The van der Waals surface area contributed by atoms with Gasteiger partial charge in [0.15, 0.2) is 6.61 Å². The van der Waals surface area contributed by atoms with E-state index in [0.29, 0.717) is 5.69 Å². The summed E-state index contributed by atoms with van der Waals surface area (Å²) in [6.07, 6.45) is -1.40. The Hall–Kier alpha value is -1.39. The van der Waals surface area contributed by atoms with Crippen LogP contribution in [0.5, 0.6) is 5.75 Å². The molecule has 2 nitrogen and oxygen atoms in total. The van der Waals surface area contributed by atoms with E-state index in [2.05, 4.69) is 12.2 Å². The van der Waals surface area contributed by atoms with Gasteiger partial charge in [-0.2, -0.15) is 13.2 Å². The molecule has 0 aromatic heterocycles. The summed E-state index contributed by atoms with van der Waals surface area (Å²) in [5.41, 5.74) is 0.618. The van der Waals surface area contributed by atoms with Crippen molar-refractivity contribution in [3.8, 4) is 5.75 Å². The summed E-state index contributed by atoms with van der Waals surface area (Å²) in [5.74, 6) is 0.245. The van der Waals surface area contributed by atoms with Gasteiger partial charge in [-0.25, -0.2) is 0 Å². The number of para-hydroxylation sites is 2. The maximum Gasteiger partial charge on any atom is 0.422 e. The molecule has 1 rings (SSSR count). The fourth-order valence-corrected chi connectivity index (χ4v) is 1.82. The van der Waals surface area contributed by atoms with Crippen LogP contribution in [-0.2, 0) is 0 Å². The van der Waals surface area contributed by atoms with Crippen molar-refractivity contribution in [2.75, 3.05) is 11.9 Å². The van der Waals surface area contributed by atoms with Gasteiger partial charge in [0.1, 0.15) is 5.75 Å². The van der Waals surface area contributed by atoms with Crippen LogP contribution in [0.3, 0.4) is 0 Å². The second-order valence-corrected chi connectivity index (χ2v) is 4.44. The third-order valence-corrected chi connectivity index (χ3v) is 2.77. The number of hydrogen-bond donors (Lipinski definition) is 1. The molecule has 5 heteroatoms. The molecule has 1 aromatic rings. The summed E-state index contributed by atoms with van der Waals surface area (Å²) in [5, 5.41) is 3.24. The van der Waals surface area contributed by atoms with Crippen LogP contribution in [0.15, 0.2) is 24.3 Å². The highest BCUT2D eigenvalue weighted by Gasteiger charge is 2.28. The quantitative estimate of drug-likeness (QED) is 0.784. The van der Waals surface area contributed by atoms with Crippen LogP contribution in [0.25, 0.3) is 0 Å². The van der Waals surface area contributed by atoms with Crippen molar-refractivity contribution in [3.05, 3.63) is 24.3 Å². The van der Waals surface area contributed by atoms with Gasteiger partial charge < -0.3 is 10.1 Å². The van der Waals surface area contributed by atoms with E-state index in [9.17, 15) is 13.2 Å². The van der Waals surface area contributed by atoms with E-state index in [0.717, 1.165) is 19.3 Å². The van der Waals surface area contributed by atoms with Gasteiger partial charge in [-0.3, -0.25) is 0 Å². The lowest BCUT2D eigenvalue weighted by Gasteiger charge is -2.20. The van der Waals surface area contributed by atoms with E-state index >= 15 is 0 Å². The van der Waals surface area contributed by atoms with Crippen LogP contribution in [-0.4, -0.2) is 18.8 Å². The summed E-state index contributed by atoms with van der Waals surface area (Å²) in [6, 6.07) is 6.98. The smallest absolute Gasteiger partial charge is 0.422 e. The zero-order valence-electron chi connectivity index (χ0n) is 11.3. The Bertz CT molecular complexity index is 379. The first-order chi connectivity index (χ1) is 8.96. The zero-order valence-corrected chi connectivity index (χ0v) is 11.3. The van der Waals surface area contributed by atoms with E-state index < -0.39 is 12.8 Å². The third-order valence-electron chi connectivity index (χ3n) is 2.77. The first-order valence-corrected chi connectivity index (χ1v) is 6.51. The largest absolute Gasteiger partial charge is 0.482 e. The van der Waals surface area contributed by atoms with Gasteiger partial charge in [0.2, 0.25) is 0 Å². The number of ether oxygens (including phenoxy) is 1. The number of halogens is 3. The van der Waals surface area contributed by atoms with Crippen molar-refractivity contribution in [2.45, 2.75) is 45.3 Å². The second kappa shape index (κ2) is 7.26. The molecular weight excluding hydrogens is 255 g/mol. The van der Waals surface area contributed by atoms with Crippen molar-refractivity contribution in [1.29, 1.82) is 0 Å². The molecule has 0 fully saturated rings. The minimum atomic E-state index is -4.32. The maximum absolute atomic E-state index is 12.2.